The summed E-state index contributed by atoms with van der Waals surface area (Å²) in [7, 11) is 3.16. The molecule has 0 saturated heterocycles. The number of nitrogens with one attached hydrogen (secondary N) is 4. The molecule has 4 aromatic rings. The second-order valence-corrected chi connectivity index (χ2v) is 16.9. The number of nitrogens with zero attached hydrogens (tertiary/aromatic N) is 5. The number of ether oxygens (including phenoxy) is 2. The molecule has 55 heavy (non-hydrogen) atoms. The van der Waals surface area contributed by atoms with Gasteiger partial charge in [-0.1, -0.05) is 58.9 Å². The Kier molecular flexibility index (Phi) is 10.1. The molecule has 3 unspecified atom stereocenters. The molecule has 0 spiro atoms. The number of imidazole rings is 2. The van der Waals surface area contributed by atoms with Gasteiger partial charge < -0.3 is 35.0 Å². The maximum absolute atomic E-state index is 13.6. The first kappa shape index (κ1) is 39.1. The Balaban J connectivity index is 1.09. The third-order valence-corrected chi connectivity index (χ3v) is 11.6. The Labute approximate surface area is 320 Å². The van der Waals surface area contributed by atoms with Gasteiger partial charge >= 0.3 is 6.09 Å². The molecule has 3 atom stereocenters. The van der Waals surface area contributed by atoms with Crippen LogP contribution in [0.1, 0.15) is 91.8 Å². The number of hydrogen-bond donors (Lipinski definition) is 4. The second kappa shape index (κ2) is 14.2. The van der Waals surface area contributed by atoms with Crippen molar-refractivity contribution >= 4 is 24.4 Å². The van der Waals surface area contributed by atoms with Crippen LogP contribution in [-0.2, 0) is 30.4 Å². The van der Waals surface area contributed by atoms with Crippen LogP contribution in [0.3, 0.4) is 0 Å². The summed E-state index contributed by atoms with van der Waals surface area (Å²) in [5.74, 6) is 0.383. The first-order valence-corrected chi connectivity index (χ1v) is 18.5. The molecular formula is C40H51N9O6. The number of aromatic nitrogens is 6. The molecule has 3 heterocycles. The average Bonchev–Trinajstić information content (AvgIpc) is 3.95. The van der Waals surface area contributed by atoms with Crippen molar-refractivity contribution in [1.29, 1.82) is 0 Å². The first-order chi connectivity index (χ1) is 25.8. The van der Waals surface area contributed by atoms with Crippen LogP contribution in [0.2, 0.25) is 0 Å². The van der Waals surface area contributed by atoms with E-state index in [2.05, 4.69) is 40.5 Å². The first-order valence-electron chi connectivity index (χ1n) is 18.5. The molecule has 2 aliphatic rings. The van der Waals surface area contributed by atoms with Crippen LogP contribution in [0.15, 0.2) is 49.1 Å². The van der Waals surface area contributed by atoms with E-state index in [0.29, 0.717) is 35.2 Å². The van der Waals surface area contributed by atoms with Gasteiger partial charge in [0.15, 0.2) is 11.2 Å². The summed E-state index contributed by atoms with van der Waals surface area (Å²) in [6.07, 6.45) is 9.31. The van der Waals surface area contributed by atoms with Crippen molar-refractivity contribution in [3.8, 4) is 33.9 Å². The van der Waals surface area contributed by atoms with E-state index < -0.39 is 39.6 Å². The molecule has 6 rings (SSSR count). The van der Waals surface area contributed by atoms with E-state index >= 15 is 0 Å². The Morgan fingerprint density at radius 3 is 1.95 bits per heavy atom. The molecule has 4 N–H and O–H groups in total. The lowest BCUT2D eigenvalue weighted by atomic mass is 9.83. The number of H-pyrrole nitrogens is 2. The van der Waals surface area contributed by atoms with Crippen LogP contribution in [-0.4, -0.2) is 84.5 Å². The zero-order valence-electron chi connectivity index (χ0n) is 33.0. The van der Waals surface area contributed by atoms with Crippen LogP contribution in [0.5, 0.6) is 0 Å². The van der Waals surface area contributed by atoms with Crippen molar-refractivity contribution in [3.63, 3.8) is 0 Å². The molecular weight excluding hydrogens is 702 g/mol. The molecule has 1 aromatic carbocycles. The third kappa shape index (κ3) is 7.69. The van der Waals surface area contributed by atoms with Gasteiger partial charge in [0.25, 0.3) is 18.3 Å². The van der Waals surface area contributed by atoms with Gasteiger partial charge in [0.05, 0.1) is 54.5 Å². The highest BCUT2D eigenvalue weighted by Gasteiger charge is 2.61. The lowest BCUT2D eigenvalue weighted by molar-refractivity contribution is -0.164. The zero-order chi connectivity index (χ0) is 40.0. The van der Waals surface area contributed by atoms with Crippen molar-refractivity contribution in [3.05, 3.63) is 60.7 Å². The SMILES string of the molecule is CN(C)C(=O)OC(C)(C(=O)NCc1ncc(-c2cnc(-c3ccc(-c4cnc(C(NC(=O)C(C)(OC=O)C5(C)CC5)C(C)(C)C)[nH]4)cc3)cn2)[nH]1)C1(C)CC1. The van der Waals surface area contributed by atoms with Crippen LogP contribution < -0.4 is 10.6 Å². The standard InChI is InChI=1S/C40H51N9O6/c1-36(2,3)31(48-34(52)39(6,54-23-50)37(4)14-15-37)32-44-19-27(47-32)25-12-10-24(11-13-25)26-18-42-28(20-41-26)29-21-43-30(46-29)22-45-33(51)40(7,38(5)16-17-38)55-35(53)49(8)9/h10-13,18-21,23,31H,14-17,22H2,1-9H3,(H,43,46)(H,44,47)(H,45,51)(H,48,52). The maximum Gasteiger partial charge on any atom is 0.410 e. The predicted molar refractivity (Wildman–Crippen MR) is 204 cm³/mol. The zero-order valence-corrected chi connectivity index (χ0v) is 33.0. The van der Waals surface area contributed by atoms with Crippen molar-refractivity contribution in [2.75, 3.05) is 14.1 Å². The third-order valence-electron chi connectivity index (χ3n) is 11.6. The van der Waals surface area contributed by atoms with E-state index in [4.69, 9.17) is 9.47 Å². The van der Waals surface area contributed by atoms with Crippen molar-refractivity contribution in [2.45, 2.75) is 97.9 Å². The van der Waals surface area contributed by atoms with E-state index in [9.17, 15) is 19.2 Å². The fraction of sp³-hybridized carbons (Fsp3) is 0.500. The number of carbonyl (C=O) groups excluding carboxylic acids is 4. The highest BCUT2D eigenvalue weighted by Crippen LogP contribution is 2.56. The van der Waals surface area contributed by atoms with Crippen molar-refractivity contribution in [2.24, 2.45) is 16.2 Å². The Bertz CT molecular complexity index is 2060. The molecule has 0 bridgehead atoms. The molecule has 292 valence electrons. The van der Waals surface area contributed by atoms with Gasteiger partial charge in [-0.25, -0.2) is 14.8 Å². The highest BCUT2D eigenvalue weighted by atomic mass is 16.6. The summed E-state index contributed by atoms with van der Waals surface area (Å²) < 4.78 is 11.1. The van der Waals surface area contributed by atoms with E-state index in [0.717, 1.165) is 42.5 Å². The molecule has 15 heteroatoms. The summed E-state index contributed by atoms with van der Waals surface area (Å²) in [6.45, 7) is 13.8. The van der Waals surface area contributed by atoms with Gasteiger partial charge in [0, 0.05) is 30.5 Å². The van der Waals surface area contributed by atoms with Gasteiger partial charge in [-0.2, -0.15) is 0 Å². The fourth-order valence-electron chi connectivity index (χ4n) is 6.55. The molecule has 3 aromatic heterocycles. The van der Waals surface area contributed by atoms with Gasteiger partial charge in [-0.15, -0.1) is 0 Å². The van der Waals surface area contributed by atoms with Gasteiger partial charge in [-0.3, -0.25) is 24.4 Å². The summed E-state index contributed by atoms with van der Waals surface area (Å²) >= 11 is 0. The minimum absolute atomic E-state index is 0.112. The number of hydrogen-bond acceptors (Lipinski definition) is 10. The van der Waals surface area contributed by atoms with E-state index in [1.54, 1.807) is 52.7 Å². The smallest absolute Gasteiger partial charge is 0.410 e. The summed E-state index contributed by atoms with van der Waals surface area (Å²) in [5, 5.41) is 6.00. The largest absolute Gasteiger partial charge is 0.451 e. The fourth-order valence-corrected chi connectivity index (χ4v) is 6.55. The highest BCUT2D eigenvalue weighted by molar-refractivity contribution is 5.89. The molecule has 0 aliphatic heterocycles. The molecule has 3 amide bonds. The lowest BCUT2D eigenvalue weighted by Gasteiger charge is -2.37. The number of amides is 3. The van der Waals surface area contributed by atoms with Crippen LogP contribution in [0.4, 0.5) is 4.79 Å². The Hall–Kier alpha value is -5.60. The molecule has 15 nitrogen and oxygen atoms in total. The van der Waals surface area contributed by atoms with Crippen molar-refractivity contribution < 1.29 is 28.7 Å². The quantitative estimate of drug-likeness (QED) is 0.115. The summed E-state index contributed by atoms with van der Waals surface area (Å²) in [5.41, 5.74) is 0.582. The number of rotatable bonds is 14. The van der Waals surface area contributed by atoms with E-state index in [1.807, 2.05) is 58.9 Å². The topological polar surface area (TPSA) is 197 Å². The average molecular weight is 754 g/mol. The Morgan fingerprint density at radius 2 is 1.38 bits per heavy atom. The monoisotopic (exact) mass is 753 g/mol. The predicted octanol–water partition coefficient (Wildman–Crippen LogP) is 5.73. The molecule has 2 aliphatic carbocycles. The van der Waals surface area contributed by atoms with E-state index in [-0.39, 0.29) is 18.4 Å². The summed E-state index contributed by atoms with van der Waals surface area (Å²) in [4.78, 5) is 76.8. The van der Waals surface area contributed by atoms with Crippen LogP contribution in [0.25, 0.3) is 33.9 Å². The minimum atomic E-state index is -1.31. The van der Waals surface area contributed by atoms with Crippen molar-refractivity contribution in [1.82, 2.24) is 45.4 Å². The number of carbonyl (C=O) groups is 4. The van der Waals surface area contributed by atoms with Crippen LogP contribution >= 0.6 is 0 Å². The van der Waals surface area contributed by atoms with Gasteiger partial charge in [0.1, 0.15) is 17.3 Å². The summed E-state index contributed by atoms with van der Waals surface area (Å²) in [6, 6.07) is 7.34. The van der Waals surface area contributed by atoms with Gasteiger partial charge in [0.2, 0.25) is 0 Å². The number of aromatic amines is 2. The lowest BCUT2D eigenvalue weighted by Crippen LogP contribution is -2.54. The number of benzene rings is 1. The van der Waals surface area contributed by atoms with Crippen LogP contribution in [0, 0.1) is 16.2 Å². The maximum atomic E-state index is 13.6. The molecule has 0 radical (unpaired) electrons. The normalized spacial score (nSPS) is 18.1. The van der Waals surface area contributed by atoms with E-state index in [1.165, 1.54) is 4.90 Å². The molecule has 2 saturated carbocycles. The Morgan fingerprint density at radius 1 is 0.800 bits per heavy atom. The minimum Gasteiger partial charge on any atom is -0.451 e. The van der Waals surface area contributed by atoms with Gasteiger partial charge in [-0.05, 0) is 50.5 Å². The molecule has 2 fully saturated rings. The second-order valence-electron chi connectivity index (χ2n) is 16.9.